The number of carbonyl (C=O) groups excluding carboxylic acids is 1. The Morgan fingerprint density at radius 2 is 2.00 bits per heavy atom. The van der Waals surface area contributed by atoms with Crippen LogP contribution < -0.4 is 5.32 Å². The first kappa shape index (κ1) is 13.6. The molecule has 0 heterocycles. The maximum atomic E-state index is 13.3. The van der Waals surface area contributed by atoms with Gasteiger partial charge in [-0.3, -0.25) is 4.79 Å². The molecule has 1 aromatic rings. The van der Waals surface area contributed by atoms with E-state index in [0.717, 1.165) is 18.2 Å². The van der Waals surface area contributed by atoms with Gasteiger partial charge in [0.2, 0.25) is 0 Å². The fraction of sp³-hybridized carbons (Fsp3) is 0.417. The molecule has 0 bridgehead atoms. The number of amides is 1. The second kappa shape index (κ2) is 4.79. The van der Waals surface area contributed by atoms with Crippen molar-refractivity contribution in [2.45, 2.75) is 32.4 Å². The zero-order chi connectivity index (χ0) is 13.2. The van der Waals surface area contributed by atoms with Gasteiger partial charge in [0, 0.05) is 0 Å². The van der Waals surface area contributed by atoms with Crippen molar-refractivity contribution < 1.29 is 18.7 Å². The number of benzene rings is 1. The van der Waals surface area contributed by atoms with Crippen molar-refractivity contribution in [3.05, 3.63) is 35.4 Å². The van der Waals surface area contributed by atoms with Gasteiger partial charge in [0.15, 0.2) is 0 Å². The van der Waals surface area contributed by atoms with Crippen molar-refractivity contribution in [2.75, 3.05) is 0 Å². The fourth-order valence-corrected chi connectivity index (χ4v) is 1.14. The molecule has 0 saturated heterocycles. The third kappa shape index (κ3) is 3.23. The molecule has 0 fully saturated rings. The molecule has 0 saturated carbocycles. The summed E-state index contributed by atoms with van der Waals surface area (Å²) in [6.07, 6.45) is -0.817. The highest BCUT2D eigenvalue weighted by atomic mass is 19.1. The summed E-state index contributed by atoms with van der Waals surface area (Å²) in [4.78, 5) is 11.7. The third-order valence-electron chi connectivity index (χ3n) is 2.65. The molecule has 3 nitrogen and oxygen atoms in total. The van der Waals surface area contributed by atoms with Crippen LogP contribution in [-0.4, -0.2) is 22.7 Å². The van der Waals surface area contributed by atoms with Crippen molar-refractivity contribution in [3.8, 4) is 0 Å². The lowest BCUT2D eigenvalue weighted by molar-refractivity contribution is 0.0706. The monoisotopic (exact) mass is 243 g/mol. The Kier molecular flexibility index (Phi) is 3.83. The second-order valence-electron chi connectivity index (χ2n) is 4.48. The average Bonchev–Trinajstić information content (AvgIpc) is 2.20. The van der Waals surface area contributed by atoms with E-state index in [1.54, 1.807) is 13.8 Å². The molecule has 5 heteroatoms. The predicted octanol–water partition coefficient (Wildman–Crippen LogP) is 1.85. The minimum Gasteiger partial charge on any atom is -0.391 e. The second-order valence-corrected chi connectivity index (χ2v) is 4.48. The summed E-state index contributed by atoms with van der Waals surface area (Å²) in [5.74, 6) is -2.25. The molecule has 0 aliphatic heterocycles. The SMILES string of the molecule is CC(O)C(C)(C)NC(=O)c1cc(F)ccc1F. The van der Waals surface area contributed by atoms with Crippen LogP contribution in [0, 0.1) is 11.6 Å². The lowest BCUT2D eigenvalue weighted by Crippen LogP contribution is -2.51. The van der Waals surface area contributed by atoms with Crippen molar-refractivity contribution >= 4 is 5.91 Å². The highest BCUT2D eigenvalue weighted by molar-refractivity contribution is 5.94. The Morgan fingerprint density at radius 3 is 2.53 bits per heavy atom. The number of aliphatic hydroxyl groups excluding tert-OH is 1. The van der Waals surface area contributed by atoms with Gasteiger partial charge in [-0.15, -0.1) is 0 Å². The Bertz CT molecular complexity index is 431. The maximum absolute atomic E-state index is 13.3. The number of halogens is 2. The summed E-state index contributed by atoms with van der Waals surface area (Å²) in [6.45, 7) is 4.68. The van der Waals surface area contributed by atoms with Gasteiger partial charge in [-0.2, -0.15) is 0 Å². The number of carbonyl (C=O) groups is 1. The van der Waals surface area contributed by atoms with E-state index >= 15 is 0 Å². The van der Waals surface area contributed by atoms with E-state index in [4.69, 9.17) is 0 Å². The van der Waals surface area contributed by atoms with Gasteiger partial charge in [0.1, 0.15) is 11.6 Å². The summed E-state index contributed by atoms with van der Waals surface area (Å²) in [6, 6.07) is 2.65. The summed E-state index contributed by atoms with van der Waals surface area (Å²) < 4.78 is 26.2. The van der Waals surface area contributed by atoms with E-state index in [1.807, 2.05) is 0 Å². The number of hydrogen-bond donors (Lipinski definition) is 2. The van der Waals surface area contributed by atoms with Gasteiger partial charge in [-0.05, 0) is 39.0 Å². The molecule has 2 N–H and O–H groups in total. The van der Waals surface area contributed by atoms with E-state index in [-0.39, 0.29) is 5.56 Å². The van der Waals surface area contributed by atoms with Crippen LogP contribution in [0.2, 0.25) is 0 Å². The van der Waals surface area contributed by atoms with Crippen LogP contribution in [0.25, 0.3) is 0 Å². The summed E-state index contributed by atoms with van der Waals surface area (Å²) in [7, 11) is 0. The minimum absolute atomic E-state index is 0.376. The van der Waals surface area contributed by atoms with Crippen molar-refractivity contribution in [2.24, 2.45) is 0 Å². The number of aliphatic hydroxyl groups is 1. The van der Waals surface area contributed by atoms with Crippen LogP contribution >= 0.6 is 0 Å². The van der Waals surface area contributed by atoms with E-state index < -0.39 is 29.2 Å². The molecule has 0 radical (unpaired) electrons. The Morgan fingerprint density at radius 1 is 1.41 bits per heavy atom. The van der Waals surface area contributed by atoms with E-state index in [9.17, 15) is 18.7 Å². The van der Waals surface area contributed by atoms with Crippen molar-refractivity contribution in [1.82, 2.24) is 5.32 Å². The lowest BCUT2D eigenvalue weighted by atomic mass is 9.98. The first-order valence-corrected chi connectivity index (χ1v) is 5.19. The summed E-state index contributed by atoms with van der Waals surface area (Å²) in [5.41, 5.74) is -1.30. The Labute approximate surface area is 98.5 Å². The Hall–Kier alpha value is -1.49. The molecule has 0 aliphatic carbocycles. The van der Waals surface area contributed by atoms with Crippen LogP contribution in [0.1, 0.15) is 31.1 Å². The van der Waals surface area contributed by atoms with Gasteiger partial charge < -0.3 is 10.4 Å². The molecule has 17 heavy (non-hydrogen) atoms. The fourth-order valence-electron chi connectivity index (χ4n) is 1.14. The van der Waals surface area contributed by atoms with Crippen molar-refractivity contribution in [1.29, 1.82) is 0 Å². The van der Waals surface area contributed by atoms with Crippen LogP contribution in [-0.2, 0) is 0 Å². The average molecular weight is 243 g/mol. The number of rotatable bonds is 3. The Balaban J connectivity index is 2.94. The molecule has 94 valence electrons. The van der Waals surface area contributed by atoms with Gasteiger partial charge >= 0.3 is 0 Å². The molecule has 1 aromatic carbocycles. The van der Waals surface area contributed by atoms with Crippen LogP contribution in [0.15, 0.2) is 18.2 Å². The largest absolute Gasteiger partial charge is 0.391 e. The summed E-state index contributed by atoms with van der Waals surface area (Å²) in [5, 5.41) is 11.9. The molecule has 0 aromatic heterocycles. The van der Waals surface area contributed by atoms with Crippen LogP contribution in [0.4, 0.5) is 8.78 Å². The van der Waals surface area contributed by atoms with Crippen molar-refractivity contribution in [3.63, 3.8) is 0 Å². The van der Waals surface area contributed by atoms with Gasteiger partial charge in [-0.25, -0.2) is 8.78 Å². The lowest BCUT2D eigenvalue weighted by Gasteiger charge is -2.29. The zero-order valence-electron chi connectivity index (χ0n) is 9.92. The molecule has 1 atom stereocenters. The predicted molar refractivity (Wildman–Crippen MR) is 59.6 cm³/mol. The smallest absolute Gasteiger partial charge is 0.254 e. The molecular weight excluding hydrogens is 228 g/mol. The van der Waals surface area contributed by atoms with Crippen LogP contribution in [0.5, 0.6) is 0 Å². The normalized spacial score (nSPS) is 13.3. The maximum Gasteiger partial charge on any atom is 0.254 e. The third-order valence-corrected chi connectivity index (χ3v) is 2.65. The molecule has 1 amide bonds. The first-order chi connectivity index (χ1) is 7.74. The number of nitrogens with one attached hydrogen (secondary N) is 1. The standard InChI is InChI=1S/C12H15F2NO2/c1-7(16)12(2,3)15-11(17)9-6-8(13)4-5-10(9)14/h4-7,16H,1-3H3,(H,15,17). The molecule has 0 aliphatic rings. The molecule has 1 rings (SSSR count). The highest BCUT2D eigenvalue weighted by Gasteiger charge is 2.27. The quantitative estimate of drug-likeness (QED) is 0.851. The van der Waals surface area contributed by atoms with E-state index in [2.05, 4.69) is 5.32 Å². The molecular formula is C12H15F2NO2. The topological polar surface area (TPSA) is 49.3 Å². The van der Waals surface area contributed by atoms with Gasteiger partial charge in [-0.1, -0.05) is 0 Å². The molecule has 1 unspecified atom stereocenters. The first-order valence-electron chi connectivity index (χ1n) is 5.19. The van der Waals surface area contributed by atoms with E-state index in [0.29, 0.717) is 0 Å². The number of hydrogen-bond acceptors (Lipinski definition) is 2. The highest BCUT2D eigenvalue weighted by Crippen LogP contribution is 2.13. The van der Waals surface area contributed by atoms with Gasteiger partial charge in [0.25, 0.3) is 5.91 Å². The van der Waals surface area contributed by atoms with Crippen LogP contribution in [0.3, 0.4) is 0 Å². The van der Waals surface area contributed by atoms with E-state index in [1.165, 1.54) is 6.92 Å². The zero-order valence-corrected chi connectivity index (χ0v) is 9.92. The van der Waals surface area contributed by atoms with Gasteiger partial charge in [0.05, 0.1) is 17.2 Å². The minimum atomic E-state index is -0.921. The summed E-state index contributed by atoms with van der Waals surface area (Å²) >= 11 is 0. The molecule has 0 spiro atoms.